The van der Waals surface area contributed by atoms with E-state index in [9.17, 15) is 0 Å². The van der Waals surface area contributed by atoms with Crippen LogP contribution in [0.2, 0.25) is 0 Å². The summed E-state index contributed by atoms with van der Waals surface area (Å²) in [6.07, 6.45) is 7.57. The molecule has 0 saturated heterocycles. The molecular formula is C22H20N4O2S. The molecule has 0 aliphatic carbocycles. The monoisotopic (exact) mass is 404 g/mol. The standard InChI is InChI=1S/C22H20N4O2S/c1-15-5-3-4-6-17(15)26-20(16-7-8-18-19(13-16)28-12-11-27-18)21(22(24-26)29-2)25-10-9-23-14-25/h3-10,13-14H,11-12H2,1-2H3. The lowest BCUT2D eigenvalue weighted by Crippen LogP contribution is -2.15. The Balaban J connectivity index is 1.80. The molecular weight excluding hydrogens is 384 g/mol. The number of hydrogen-bond donors (Lipinski definition) is 0. The van der Waals surface area contributed by atoms with Gasteiger partial charge in [0.15, 0.2) is 11.5 Å². The Morgan fingerprint density at radius 2 is 1.86 bits per heavy atom. The van der Waals surface area contributed by atoms with E-state index in [0.29, 0.717) is 13.2 Å². The molecule has 1 aliphatic heterocycles. The van der Waals surface area contributed by atoms with Crippen LogP contribution in [0.25, 0.3) is 22.6 Å². The summed E-state index contributed by atoms with van der Waals surface area (Å²) in [5, 5.41) is 5.89. The maximum Gasteiger partial charge on any atom is 0.162 e. The zero-order valence-corrected chi connectivity index (χ0v) is 17.0. The van der Waals surface area contributed by atoms with Gasteiger partial charge in [0, 0.05) is 18.0 Å². The van der Waals surface area contributed by atoms with Crippen LogP contribution < -0.4 is 9.47 Å². The van der Waals surface area contributed by atoms with Crippen LogP contribution in [0.3, 0.4) is 0 Å². The quantitative estimate of drug-likeness (QED) is 0.468. The maximum atomic E-state index is 5.84. The molecule has 29 heavy (non-hydrogen) atoms. The van der Waals surface area contributed by atoms with Crippen molar-refractivity contribution >= 4 is 11.8 Å². The van der Waals surface area contributed by atoms with Gasteiger partial charge in [-0.15, -0.1) is 11.8 Å². The summed E-state index contributed by atoms with van der Waals surface area (Å²) < 4.78 is 15.6. The second kappa shape index (κ2) is 7.33. The Kier molecular flexibility index (Phi) is 4.52. The minimum Gasteiger partial charge on any atom is -0.486 e. The second-order valence-corrected chi connectivity index (χ2v) is 7.53. The topological polar surface area (TPSA) is 54.1 Å². The molecule has 0 radical (unpaired) electrons. The van der Waals surface area contributed by atoms with Crippen molar-refractivity contribution in [3.63, 3.8) is 0 Å². The number of hydrogen-bond acceptors (Lipinski definition) is 5. The van der Waals surface area contributed by atoms with Gasteiger partial charge in [0.05, 0.1) is 17.7 Å². The highest BCUT2D eigenvalue weighted by molar-refractivity contribution is 7.98. The minimum absolute atomic E-state index is 0.554. The zero-order valence-electron chi connectivity index (χ0n) is 16.2. The molecule has 0 saturated carbocycles. The van der Waals surface area contributed by atoms with E-state index in [1.807, 2.05) is 46.0 Å². The summed E-state index contributed by atoms with van der Waals surface area (Å²) in [6, 6.07) is 14.3. The van der Waals surface area contributed by atoms with E-state index in [1.165, 1.54) is 0 Å². The van der Waals surface area contributed by atoms with Crippen LogP contribution in [0.1, 0.15) is 5.56 Å². The number of nitrogens with zero attached hydrogens (tertiary/aromatic N) is 4. The van der Waals surface area contributed by atoms with Gasteiger partial charge in [-0.3, -0.25) is 0 Å². The van der Waals surface area contributed by atoms with Crippen molar-refractivity contribution in [1.29, 1.82) is 0 Å². The lowest BCUT2D eigenvalue weighted by atomic mass is 10.1. The molecule has 146 valence electrons. The number of aryl methyl sites for hydroxylation is 1. The predicted octanol–water partition coefficient (Wildman–Crippen LogP) is 4.53. The molecule has 7 heteroatoms. The largest absolute Gasteiger partial charge is 0.486 e. The minimum atomic E-state index is 0.554. The SMILES string of the molecule is CSc1nn(-c2ccccc2C)c(-c2ccc3c(c2)OCCO3)c1-n1ccnc1. The molecule has 0 spiro atoms. The lowest BCUT2D eigenvalue weighted by Gasteiger charge is -2.19. The van der Waals surface area contributed by atoms with E-state index in [-0.39, 0.29) is 0 Å². The first kappa shape index (κ1) is 17.9. The average molecular weight is 404 g/mol. The van der Waals surface area contributed by atoms with Crippen molar-refractivity contribution in [3.05, 3.63) is 66.7 Å². The molecule has 2 aromatic carbocycles. The molecule has 5 rings (SSSR count). The number of ether oxygens (including phenoxy) is 2. The molecule has 0 unspecified atom stereocenters. The molecule has 0 bridgehead atoms. The van der Waals surface area contributed by atoms with Crippen LogP contribution in [0.4, 0.5) is 0 Å². The predicted molar refractivity (Wildman–Crippen MR) is 114 cm³/mol. The van der Waals surface area contributed by atoms with E-state index in [4.69, 9.17) is 14.6 Å². The average Bonchev–Trinajstić information content (AvgIpc) is 3.41. The molecule has 6 nitrogen and oxygen atoms in total. The molecule has 0 N–H and O–H groups in total. The Morgan fingerprint density at radius 3 is 2.62 bits per heavy atom. The van der Waals surface area contributed by atoms with E-state index in [1.54, 1.807) is 24.3 Å². The van der Waals surface area contributed by atoms with E-state index in [2.05, 4.69) is 30.1 Å². The highest BCUT2D eigenvalue weighted by Crippen LogP contribution is 2.40. The number of fused-ring (bicyclic) bond motifs is 1. The number of para-hydroxylation sites is 1. The second-order valence-electron chi connectivity index (χ2n) is 6.73. The number of imidazole rings is 1. The van der Waals surface area contributed by atoms with Crippen LogP contribution in [0.15, 0.2) is 66.2 Å². The van der Waals surface area contributed by atoms with Gasteiger partial charge in [-0.1, -0.05) is 18.2 Å². The zero-order chi connectivity index (χ0) is 19.8. The van der Waals surface area contributed by atoms with Gasteiger partial charge in [0.2, 0.25) is 0 Å². The fourth-order valence-corrected chi connectivity index (χ4v) is 4.14. The smallest absolute Gasteiger partial charge is 0.162 e. The van der Waals surface area contributed by atoms with Crippen molar-refractivity contribution in [2.45, 2.75) is 11.9 Å². The van der Waals surface area contributed by atoms with Gasteiger partial charge in [-0.05, 0) is 43.0 Å². The first-order valence-corrected chi connectivity index (χ1v) is 10.6. The summed E-state index contributed by atoms with van der Waals surface area (Å²) in [5.74, 6) is 1.53. The van der Waals surface area contributed by atoms with Crippen molar-refractivity contribution in [2.24, 2.45) is 0 Å². The van der Waals surface area contributed by atoms with E-state index in [0.717, 1.165) is 44.7 Å². The summed E-state index contributed by atoms with van der Waals surface area (Å²) in [4.78, 5) is 4.25. The molecule has 0 atom stereocenters. The van der Waals surface area contributed by atoms with Crippen LogP contribution in [0.5, 0.6) is 11.5 Å². The third-order valence-corrected chi connectivity index (χ3v) is 5.61. The number of aromatic nitrogens is 4. The molecule has 2 aromatic heterocycles. The molecule has 0 amide bonds. The molecule has 0 fully saturated rings. The lowest BCUT2D eigenvalue weighted by molar-refractivity contribution is 0.171. The van der Waals surface area contributed by atoms with Crippen LogP contribution in [0, 0.1) is 6.92 Å². The van der Waals surface area contributed by atoms with Crippen LogP contribution >= 0.6 is 11.8 Å². The summed E-state index contributed by atoms with van der Waals surface area (Å²) in [7, 11) is 0. The van der Waals surface area contributed by atoms with Crippen LogP contribution in [-0.4, -0.2) is 38.8 Å². The summed E-state index contributed by atoms with van der Waals surface area (Å²) in [5.41, 5.74) is 5.18. The van der Waals surface area contributed by atoms with Gasteiger partial charge in [0.25, 0.3) is 0 Å². The van der Waals surface area contributed by atoms with Crippen molar-refractivity contribution in [3.8, 4) is 34.1 Å². The van der Waals surface area contributed by atoms with Crippen molar-refractivity contribution in [1.82, 2.24) is 19.3 Å². The van der Waals surface area contributed by atoms with Crippen molar-refractivity contribution < 1.29 is 9.47 Å². The van der Waals surface area contributed by atoms with Gasteiger partial charge in [-0.25, -0.2) is 9.67 Å². The van der Waals surface area contributed by atoms with Gasteiger partial charge in [0.1, 0.15) is 23.9 Å². The van der Waals surface area contributed by atoms with Crippen molar-refractivity contribution in [2.75, 3.05) is 19.5 Å². The number of rotatable bonds is 4. The molecule has 4 aromatic rings. The number of benzene rings is 2. The van der Waals surface area contributed by atoms with E-state index < -0.39 is 0 Å². The summed E-state index contributed by atoms with van der Waals surface area (Å²) in [6.45, 7) is 3.22. The fraction of sp³-hybridized carbons (Fsp3) is 0.182. The Bertz CT molecular complexity index is 1170. The third-order valence-electron chi connectivity index (χ3n) is 4.94. The first-order chi connectivity index (χ1) is 14.3. The van der Waals surface area contributed by atoms with Gasteiger partial charge < -0.3 is 14.0 Å². The normalized spacial score (nSPS) is 12.9. The Morgan fingerprint density at radius 1 is 1.03 bits per heavy atom. The summed E-state index contributed by atoms with van der Waals surface area (Å²) >= 11 is 1.62. The highest BCUT2D eigenvalue weighted by Gasteiger charge is 2.24. The molecule has 1 aliphatic rings. The third kappa shape index (κ3) is 3.07. The molecule has 3 heterocycles. The van der Waals surface area contributed by atoms with Gasteiger partial charge in [-0.2, -0.15) is 5.10 Å². The Labute approximate surface area is 173 Å². The fourth-order valence-electron chi connectivity index (χ4n) is 3.58. The highest BCUT2D eigenvalue weighted by atomic mass is 32.2. The van der Waals surface area contributed by atoms with Gasteiger partial charge >= 0.3 is 0 Å². The number of thioether (sulfide) groups is 1. The first-order valence-electron chi connectivity index (χ1n) is 9.37. The van der Waals surface area contributed by atoms with E-state index >= 15 is 0 Å². The maximum absolute atomic E-state index is 5.84. The van der Waals surface area contributed by atoms with Crippen LogP contribution in [-0.2, 0) is 0 Å². The Hall–Kier alpha value is -3.19.